The summed E-state index contributed by atoms with van der Waals surface area (Å²) in [5.74, 6) is -0.651. The zero-order valence-corrected chi connectivity index (χ0v) is 9.28. The smallest absolute Gasteiger partial charge is 0.308 e. The van der Waals surface area contributed by atoms with E-state index in [0.29, 0.717) is 11.3 Å². The van der Waals surface area contributed by atoms with Crippen LogP contribution in [0.15, 0.2) is 23.4 Å². The van der Waals surface area contributed by atoms with Crippen molar-refractivity contribution in [3.8, 4) is 5.75 Å². The molecular weight excluding hydrogens is 213 g/mol. The van der Waals surface area contributed by atoms with Gasteiger partial charge in [0.25, 0.3) is 0 Å². The van der Waals surface area contributed by atoms with Crippen LogP contribution in [-0.4, -0.2) is 18.8 Å². The fourth-order valence-electron chi connectivity index (χ4n) is 1.21. The first-order valence-electron chi connectivity index (χ1n) is 4.60. The molecule has 0 atom stereocenters. The number of hydrogen-bond acceptors (Lipinski definition) is 4. The number of ether oxygens (including phenoxy) is 1. The van der Waals surface area contributed by atoms with Gasteiger partial charge in [0, 0.05) is 12.5 Å². The third kappa shape index (κ3) is 3.05. The van der Waals surface area contributed by atoms with E-state index in [9.17, 15) is 9.18 Å². The minimum Gasteiger partial charge on any atom is -0.426 e. The van der Waals surface area contributed by atoms with Crippen molar-refractivity contribution < 1.29 is 18.8 Å². The van der Waals surface area contributed by atoms with Crippen LogP contribution in [-0.2, 0) is 9.63 Å². The first-order valence-corrected chi connectivity index (χ1v) is 4.60. The van der Waals surface area contributed by atoms with E-state index < -0.39 is 11.8 Å². The molecule has 0 saturated heterocycles. The molecule has 0 bridgehead atoms. The van der Waals surface area contributed by atoms with E-state index in [1.165, 1.54) is 32.2 Å². The summed E-state index contributed by atoms with van der Waals surface area (Å²) in [5, 5.41) is 3.66. The quantitative estimate of drug-likeness (QED) is 0.342. The van der Waals surface area contributed by atoms with Crippen LogP contribution in [0.4, 0.5) is 4.39 Å². The topological polar surface area (TPSA) is 47.9 Å². The molecule has 0 N–H and O–H groups in total. The van der Waals surface area contributed by atoms with E-state index in [0.717, 1.165) is 0 Å². The number of rotatable bonds is 3. The summed E-state index contributed by atoms with van der Waals surface area (Å²) in [6.45, 7) is 2.90. The van der Waals surface area contributed by atoms with Crippen molar-refractivity contribution in [1.29, 1.82) is 0 Å². The van der Waals surface area contributed by atoms with Gasteiger partial charge in [-0.05, 0) is 25.1 Å². The molecule has 0 heterocycles. The lowest BCUT2D eigenvalue weighted by Gasteiger charge is -2.08. The largest absolute Gasteiger partial charge is 0.426 e. The average Bonchev–Trinajstić information content (AvgIpc) is 2.20. The van der Waals surface area contributed by atoms with Crippen molar-refractivity contribution in [2.45, 2.75) is 13.8 Å². The van der Waals surface area contributed by atoms with Crippen LogP contribution >= 0.6 is 0 Å². The lowest BCUT2D eigenvalue weighted by atomic mass is 10.1. The number of carbonyl (C=O) groups is 1. The van der Waals surface area contributed by atoms with Crippen molar-refractivity contribution in [3.05, 3.63) is 29.6 Å². The number of benzene rings is 1. The predicted molar refractivity (Wildman–Crippen MR) is 56.9 cm³/mol. The molecule has 0 amide bonds. The van der Waals surface area contributed by atoms with Crippen molar-refractivity contribution in [2.24, 2.45) is 5.16 Å². The molecule has 0 spiro atoms. The minimum absolute atomic E-state index is 0.257. The molecule has 0 fully saturated rings. The Balaban J connectivity index is 3.17. The molecule has 0 aliphatic carbocycles. The molecule has 0 saturated carbocycles. The number of oxime groups is 1. The van der Waals surface area contributed by atoms with E-state index in [4.69, 9.17) is 4.74 Å². The maximum Gasteiger partial charge on any atom is 0.308 e. The first-order chi connectivity index (χ1) is 7.54. The van der Waals surface area contributed by atoms with Gasteiger partial charge in [0.1, 0.15) is 18.7 Å². The lowest BCUT2D eigenvalue weighted by molar-refractivity contribution is -0.131. The first kappa shape index (κ1) is 12.2. The highest BCUT2D eigenvalue weighted by molar-refractivity contribution is 6.01. The van der Waals surface area contributed by atoms with Crippen LogP contribution in [0.5, 0.6) is 5.75 Å². The van der Waals surface area contributed by atoms with Crippen molar-refractivity contribution in [1.82, 2.24) is 0 Å². The Morgan fingerprint density at radius 2 is 2.06 bits per heavy atom. The summed E-state index contributed by atoms with van der Waals surface area (Å²) in [4.78, 5) is 15.4. The standard InChI is InChI=1S/C11H12FNO3/c1-7(13-15-3)10-6-9(12)4-5-11(10)16-8(2)14/h4-6H,1-3H3/b13-7+. The van der Waals surface area contributed by atoms with E-state index in [2.05, 4.69) is 9.99 Å². The second kappa shape index (κ2) is 5.25. The van der Waals surface area contributed by atoms with Gasteiger partial charge in [-0.25, -0.2) is 4.39 Å². The van der Waals surface area contributed by atoms with Crippen molar-refractivity contribution in [2.75, 3.05) is 7.11 Å². The molecule has 1 rings (SSSR count). The average molecular weight is 225 g/mol. The monoisotopic (exact) mass is 225 g/mol. The van der Waals surface area contributed by atoms with Crippen LogP contribution in [0.25, 0.3) is 0 Å². The van der Waals surface area contributed by atoms with E-state index in [-0.39, 0.29) is 5.75 Å². The Labute approximate surface area is 92.7 Å². The Hall–Kier alpha value is -1.91. The van der Waals surface area contributed by atoms with Gasteiger partial charge in [0.15, 0.2) is 0 Å². The second-order valence-corrected chi connectivity index (χ2v) is 3.09. The van der Waals surface area contributed by atoms with Crippen LogP contribution in [0.1, 0.15) is 19.4 Å². The van der Waals surface area contributed by atoms with Crippen LogP contribution in [0.3, 0.4) is 0 Å². The Kier molecular flexibility index (Phi) is 3.99. The second-order valence-electron chi connectivity index (χ2n) is 3.09. The highest BCUT2D eigenvalue weighted by Gasteiger charge is 2.10. The van der Waals surface area contributed by atoms with Gasteiger partial charge in [-0.15, -0.1) is 0 Å². The molecule has 16 heavy (non-hydrogen) atoms. The molecule has 4 nitrogen and oxygen atoms in total. The van der Waals surface area contributed by atoms with Crippen molar-refractivity contribution in [3.63, 3.8) is 0 Å². The third-order valence-corrected chi connectivity index (χ3v) is 1.81. The fourth-order valence-corrected chi connectivity index (χ4v) is 1.21. The molecule has 0 aromatic heterocycles. The van der Waals surface area contributed by atoms with E-state index in [1.54, 1.807) is 6.92 Å². The highest BCUT2D eigenvalue weighted by Crippen LogP contribution is 2.21. The maximum absolute atomic E-state index is 13.0. The predicted octanol–water partition coefficient (Wildman–Crippen LogP) is 2.12. The Morgan fingerprint density at radius 1 is 1.38 bits per heavy atom. The summed E-state index contributed by atoms with van der Waals surface area (Å²) in [6.07, 6.45) is 0. The number of halogens is 1. The van der Waals surface area contributed by atoms with Crippen LogP contribution in [0.2, 0.25) is 0 Å². The van der Waals surface area contributed by atoms with Gasteiger partial charge >= 0.3 is 5.97 Å². The summed E-state index contributed by atoms with van der Waals surface area (Å²) < 4.78 is 18.0. The third-order valence-electron chi connectivity index (χ3n) is 1.81. The maximum atomic E-state index is 13.0. The van der Waals surface area contributed by atoms with Crippen LogP contribution in [0, 0.1) is 5.82 Å². The fraction of sp³-hybridized carbons (Fsp3) is 0.273. The van der Waals surface area contributed by atoms with E-state index >= 15 is 0 Å². The Bertz CT molecular complexity index is 429. The van der Waals surface area contributed by atoms with Gasteiger partial charge in [0.05, 0.1) is 5.71 Å². The summed E-state index contributed by atoms with van der Waals surface area (Å²) in [7, 11) is 1.38. The zero-order valence-electron chi connectivity index (χ0n) is 9.28. The number of nitrogens with zero attached hydrogens (tertiary/aromatic N) is 1. The summed E-state index contributed by atoms with van der Waals surface area (Å²) in [6, 6.07) is 3.82. The summed E-state index contributed by atoms with van der Waals surface area (Å²) >= 11 is 0. The molecule has 0 aliphatic rings. The summed E-state index contributed by atoms with van der Waals surface area (Å²) in [5.41, 5.74) is 0.815. The number of hydrogen-bond donors (Lipinski definition) is 0. The normalized spacial score (nSPS) is 11.1. The molecule has 0 unspecified atom stereocenters. The Morgan fingerprint density at radius 3 is 2.62 bits per heavy atom. The van der Waals surface area contributed by atoms with Gasteiger partial charge in [0.2, 0.25) is 0 Å². The SMILES string of the molecule is CO/N=C(\C)c1cc(F)ccc1OC(C)=O. The van der Waals surface area contributed by atoms with E-state index in [1.807, 2.05) is 0 Å². The van der Waals surface area contributed by atoms with Gasteiger partial charge in [-0.1, -0.05) is 5.16 Å². The molecule has 86 valence electrons. The van der Waals surface area contributed by atoms with Gasteiger partial charge in [-0.2, -0.15) is 0 Å². The lowest BCUT2D eigenvalue weighted by Crippen LogP contribution is -2.07. The molecule has 1 aromatic carbocycles. The van der Waals surface area contributed by atoms with Gasteiger partial charge in [-0.3, -0.25) is 4.79 Å². The van der Waals surface area contributed by atoms with Gasteiger partial charge < -0.3 is 9.57 Å². The minimum atomic E-state index is -0.474. The molecule has 0 aliphatic heterocycles. The zero-order chi connectivity index (χ0) is 12.1. The molecule has 1 aromatic rings. The highest BCUT2D eigenvalue weighted by atomic mass is 19.1. The molecule has 0 radical (unpaired) electrons. The number of esters is 1. The molecule has 5 heteroatoms. The molecular formula is C11H12FNO3. The van der Waals surface area contributed by atoms with Crippen molar-refractivity contribution >= 4 is 11.7 Å². The van der Waals surface area contributed by atoms with Crippen LogP contribution < -0.4 is 4.74 Å². The number of carbonyl (C=O) groups excluding carboxylic acids is 1.